The van der Waals surface area contributed by atoms with Gasteiger partial charge in [0.1, 0.15) is 18.2 Å². The zero-order chi connectivity index (χ0) is 11.5. The fraction of sp³-hybridized carbons (Fsp3) is 0.417. The van der Waals surface area contributed by atoms with E-state index in [0.717, 1.165) is 23.2 Å². The molecule has 1 heterocycles. The van der Waals surface area contributed by atoms with E-state index in [1.54, 1.807) is 0 Å². The number of ether oxygens (including phenoxy) is 1. The molecule has 4 heteroatoms. The SMILES string of the molecule is CCCOc1ccc2c(c1)nc(CO)n2C. The number of aryl methyl sites for hydroxylation is 1. The summed E-state index contributed by atoms with van der Waals surface area (Å²) in [6, 6.07) is 5.80. The summed E-state index contributed by atoms with van der Waals surface area (Å²) in [5.74, 6) is 1.50. The molecule has 0 bridgehead atoms. The molecule has 0 fully saturated rings. The molecule has 86 valence electrons. The molecule has 0 amide bonds. The van der Waals surface area contributed by atoms with E-state index in [2.05, 4.69) is 11.9 Å². The third kappa shape index (κ3) is 1.88. The summed E-state index contributed by atoms with van der Waals surface area (Å²) in [6.45, 7) is 2.74. The first-order valence-corrected chi connectivity index (χ1v) is 5.45. The molecule has 16 heavy (non-hydrogen) atoms. The largest absolute Gasteiger partial charge is 0.494 e. The highest BCUT2D eigenvalue weighted by molar-refractivity contribution is 5.77. The number of hydrogen-bond donors (Lipinski definition) is 1. The molecule has 2 aromatic rings. The van der Waals surface area contributed by atoms with E-state index in [4.69, 9.17) is 9.84 Å². The van der Waals surface area contributed by atoms with Crippen molar-refractivity contribution in [3.8, 4) is 5.75 Å². The highest BCUT2D eigenvalue weighted by Crippen LogP contribution is 2.21. The Bertz CT molecular complexity index is 491. The van der Waals surface area contributed by atoms with Crippen molar-refractivity contribution in [1.29, 1.82) is 0 Å². The third-order valence-corrected chi connectivity index (χ3v) is 2.56. The number of nitrogens with zero attached hydrogens (tertiary/aromatic N) is 2. The molecule has 0 atom stereocenters. The van der Waals surface area contributed by atoms with Crippen LogP contribution in [-0.2, 0) is 13.7 Å². The summed E-state index contributed by atoms with van der Waals surface area (Å²) in [5, 5.41) is 9.12. The van der Waals surface area contributed by atoms with E-state index in [9.17, 15) is 0 Å². The van der Waals surface area contributed by atoms with E-state index < -0.39 is 0 Å². The van der Waals surface area contributed by atoms with E-state index in [-0.39, 0.29) is 6.61 Å². The smallest absolute Gasteiger partial charge is 0.135 e. The Labute approximate surface area is 94.5 Å². The van der Waals surface area contributed by atoms with Gasteiger partial charge in [-0.05, 0) is 18.6 Å². The van der Waals surface area contributed by atoms with Crippen molar-refractivity contribution in [2.45, 2.75) is 20.0 Å². The predicted octanol–water partition coefficient (Wildman–Crippen LogP) is 1.85. The van der Waals surface area contributed by atoms with Crippen LogP contribution in [0.3, 0.4) is 0 Å². The Hall–Kier alpha value is -1.55. The Morgan fingerprint density at radius 3 is 2.94 bits per heavy atom. The first-order valence-electron chi connectivity index (χ1n) is 5.45. The summed E-state index contributed by atoms with van der Waals surface area (Å²) in [4.78, 5) is 4.33. The van der Waals surface area contributed by atoms with Gasteiger partial charge in [0.05, 0.1) is 17.6 Å². The Kier molecular flexibility index (Phi) is 3.10. The number of aromatic nitrogens is 2. The summed E-state index contributed by atoms with van der Waals surface area (Å²) >= 11 is 0. The minimum atomic E-state index is -0.0453. The van der Waals surface area contributed by atoms with Crippen molar-refractivity contribution < 1.29 is 9.84 Å². The highest BCUT2D eigenvalue weighted by Gasteiger charge is 2.07. The fourth-order valence-electron chi connectivity index (χ4n) is 1.68. The number of hydrogen-bond acceptors (Lipinski definition) is 3. The van der Waals surface area contributed by atoms with Gasteiger partial charge in [-0.3, -0.25) is 0 Å². The van der Waals surface area contributed by atoms with Crippen molar-refractivity contribution in [3.63, 3.8) is 0 Å². The summed E-state index contributed by atoms with van der Waals surface area (Å²) in [6.07, 6.45) is 0.988. The van der Waals surface area contributed by atoms with Gasteiger partial charge >= 0.3 is 0 Å². The van der Waals surface area contributed by atoms with Gasteiger partial charge in [0.15, 0.2) is 0 Å². The molecule has 0 radical (unpaired) electrons. The molecular formula is C12H16N2O2. The van der Waals surface area contributed by atoms with Crippen LogP contribution in [0.1, 0.15) is 19.2 Å². The zero-order valence-electron chi connectivity index (χ0n) is 9.60. The topological polar surface area (TPSA) is 47.3 Å². The Morgan fingerprint density at radius 2 is 2.25 bits per heavy atom. The molecule has 1 aromatic carbocycles. The monoisotopic (exact) mass is 220 g/mol. The molecule has 0 aliphatic rings. The van der Waals surface area contributed by atoms with E-state index in [1.807, 2.05) is 29.8 Å². The maximum Gasteiger partial charge on any atom is 0.135 e. The van der Waals surface area contributed by atoms with Gasteiger partial charge < -0.3 is 14.4 Å². The lowest BCUT2D eigenvalue weighted by atomic mass is 10.3. The number of benzene rings is 1. The highest BCUT2D eigenvalue weighted by atomic mass is 16.5. The normalized spacial score (nSPS) is 10.9. The maximum atomic E-state index is 9.12. The number of imidazole rings is 1. The molecule has 1 N–H and O–H groups in total. The number of rotatable bonds is 4. The lowest BCUT2D eigenvalue weighted by Crippen LogP contribution is -1.96. The first kappa shape index (κ1) is 11.0. The van der Waals surface area contributed by atoms with Crippen molar-refractivity contribution in [2.75, 3.05) is 6.61 Å². The van der Waals surface area contributed by atoms with Crippen molar-refractivity contribution >= 4 is 11.0 Å². The van der Waals surface area contributed by atoms with Crippen LogP contribution in [0.15, 0.2) is 18.2 Å². The van der Waals surface area contributed by atoms with Crippen molar-refractivity contribution in [2.24, 2.45) is 7.05 Å². The predicted molar refractivity (Wildman–Crippen MR) is 62.4 cm³/mol. The van der Waals surface area contributed by atoms with Crippen molar-refractivity contribution in [1.82, 2.24) is 9.55 Å². The van der Waals surface area contributed by atoms with Gasteiger partial charge in [-0.1, -0.05) is 6.92 Å². The van der Waals surface area contributed by atoms with Gasteiger partial charge in [0, 0.05) is 13.1 Å². The lowest BCUT2D eigenvalue weighted by Gasteiger charge is -2.03. The minimum Gasteiger partial charge on any atom is -0.494 e. The second-order valence-electron chi connectivity index (χ2n) is 3.74. The molecule has 0 saturated heterocycles. The summed E-state index contributed by atoms with van der Waals surface area (Å²) in [5.41, 5.74) is 1.87. The first-order chi connectivity index (χ1) is 7.76. The van der Waals surface area contributed by atoms with Crippen molar-refractivity contribution in [3.05, 3.63) is 24.0 Å². The van der Waals surface area contributed by atoms with Gasteiger partial charge in [0.2, 0.25) is 0 Å². The Morgan fingerprint density at radius 1 is 1.44 bits per heavy atom. The quantitative estimate of drug-likeness (QED) is 0.855. The van der Waals surface area contributed by atoms with E-state index >= 15 is 0 Å². The van der Waals surface area contributed by atoms with Crippen LogP contribution >= 0.6 is 0 Å². The van der Waals surface area contributed by atoms with Crippen LogP contribution < -0.4 is 4.74 Å². The molecule has 0 aliphatic heterocycles. The van der Waals surface area contributed by atoms with Gasteiger partial charge in [0.25, 0.3) is 0 Å². The fourth-order valence-corrected chi connectivity index (χ4v) is 1.68. The van der Waals surface area contributed by atoms with E-state index in [0.29, 0.717) is 12.4 Å². The van der Waals surface area contributed by atoms with Gasteiger partial charge in [-0.2, -0.15) is 0 Å². The zero-order valence-corrected chi connectivity index (χ0v) is 9.60. The van der Waals surface area contributed by atoms with E-state index in [1.165, 1.54) is 0 Å². The van der Waals surface area contributed by atoms with Gasteiger partial charge in [-0.25, -0.2) is 4.98 Å². The Balaban J connectivity index is 2.38. The average Bonchev–Trinajstić information content (AvgIpc) is 2.63. The molecule has 0 saturated carbocycles. The minimum absolute atomic E-state index is 0.0453. The molecule has 1 aromatic heterocycles. The molecule has 0 aliphatic carbocycles. The van der Waals surface area contributed by atoms with Crippen LogP contribution in [0.2, 0.25) is 0 Å². The molecule has 2 rings (SSSR count). The lowest BCUT2D eigenvalue weighted by molar-refractivity contribution is 0.268. The number of aliphatic hydroxyl groups excluding tert-OH is 1. The van der Waals surface area contributed by atoms with Crippen LogP contribution in [0, 0.1) is 0 Å². The van der Waals surface area contributed by atoms with Crippen LogP contribution in [-0.4, -0.2) is 21.3 Å². The van der Waals surface area contributed by atoms with Crippen LogP contribution in [0.5, 0.6) is 5.75 Å². The maximum absolute atomic E-state index is 9.12. The summed E-state index contributed by atoms with van der Waals surface area (Å²) < 4.78 is 7.42. The number of fused-ring (bicyclic) bond motifs is 1. The second kappa shape index (κ2) is 4.53. The van der Waals surface area contributed by atoms with Gasteiger partial charge in [-0.15, -0.1) is 0 Å². The molecule has 0 spiro atoms. The second-order valence-corrected chi connectivity index (χ2v) is 3.74. The van der Waals surface area contributed by atoms with Crippen LogP contribution in [0.25, 0.3) is 11.0 Å². The average molecular weight is 220 g/mol. The standard InChI is InChI=1S/C12H16N2O2/c1-3-6-16-9-4-5-11-10(7-9)13-12(8-15)14(11)2/h4-5,7,15H,3,6,8H2,1-2H3. The molecule has 4 nitrogen and oxygen atoms in total. The number of aliphatic hydroxyl groups is 1. The third-order valence-electron chi connectivity index (χ3n) is 2.56. The molecule has 0 unspecified atom stereocenters. The van der Waals surface area contributed by atoms with Crippen LogP contribution in [0.4, 0.5) is 0 Å². The summed E-state index contributed by atoms with van der Waals surface area (Å²) in [7, 11) is 1.90. The molecular weight excluding hydrogens is 204 g/mol.